The van der Waals surface area contributed by atoms with Gasteiger partial charge in [-0.15, -0.1) is 0 Å². The van der Waals surface area contributed by atoms with Gasteiger partial charge in [-0.2, -0.15) is 5.10 Å². The molecule has 1 saturated heterocycles. The number of hydrogen-bond donors (Lipinski definition) is 2. The maximum absolute atomic E-state index is 4.80. The van der Waals surface area contributed by atoms with Crippen molar-refractivity contribution in [2.45, 2.75) is 13.8 Å². The third-order valence-electron chi connectivity index (χ3n) is 5.02. The number of aromatic amines is 1. The van der Waals surface area contributed by atoms with Crippen LogP contribution in [0.5, 0.6) is 0 Å². The van der Waals surface area contributed by atoms with E-state index in [0.29, 0.717) is 5.82 Å². The number of benzene rings is 1. The lowest BCUT2D eigenvalue weighted by Crippen LogP contribution is -2.44. The van der Waals surface area contributed by atoms with Crippen molar-refractivity contribution in [2.75, 3.05) is 43.4 Å². The SMILES string of the molecule is Cc1ccc(/C=C/c2nc(Nc3cc(C)[nH]n3)cc(N3CCN(C)CC3)n2)cc1. The molecule has 4 rings (SSSR count). The molecule has 3 heterocycles. The molecule has 0 unspecified atom stereocenters. The smallest absolute Gasteiger partial charge is 0.156 e. The van der Waals surface area contributed by atoms with Crippen LogP contribution in [0.15, 0.2) is 36.4 Å². The van der Waals surface area contributed by atoms with Crippen LogP contribution in [0.1, 0.15) is 22.6 Å². The number of nitrogens with zero attached hydrogens (tertiary/aromatic N) is 5. The zero-order valence-electron chi connectivity index (χ0n) is 17.2. The Bertz CT molecular complexity index is 983. The quantitative estimate of drug-likeness (QED) is 0.696. The Morgan fingerprint density at radius 1 is 0.931 bits per heavy atom. The van der Waals surface area contributed by atoms with Crippen LogP contribution in [0.3, 0.4) is 0 Å². The topological polar surface area (TPSA) is 73.0 Å². The van der Waals surface area contributed by atoms with E-state index in [1.165, 1.54) is 5.56 Å². The minimum Gasteiger partial charge on any atom is -0.354 e. The van der Waals surface area contributed by atoms with Crippen molar-refractivity contribution in [1.29, 1.82) is 0 Å². The molecule has 0 radical (unpaired) electrons. The summed E-state index contributed by atoms with van der Waals surface area (Å²) in [4.78, 5) is 14.1. The lowest BCUT2D eigenvalue weighted by atomic mass is 10.1. The van der Waals surface area contributed by atoms with Crippen molar-refractivity contribution in [3.63, 3.8) is 0 Å². The zero-order valence-corrected chi connectivity index (χ0v) is 17.2. The molecule has 150 valence electrons. The first-order chi connectivity index (χ1) is 14.0. The van der Waals surface area contributed by atoms with Crippen LogP contribution in [-0.2, 0) is 0 Å². The first-order valence-electron chi connectivity index (χ1n) is 9.91. The molecule has 2 aromatic heterocycles. The number of anilines is 3. The predicted molar refractivity (Wildman–Crippen MR) is 118 cm³/mol. The van der Waals surface area contributed by atoms with Crippen LogP contribution in [0.2, 0.25) is 0 Å². The summed E-state index contributed by atoms with van der Waals surface area (Å²) >= 11 is 0. The number of aromatic nitrogens is 4. The average Bonchev–Trinajstić information content (AvgIpc) is 3.12. The molecule has 1 aromatic carbocycles. The van der Waals surface area contributed by atoms with Crippen LogP contribution in [0, 0.1) is 13.8 Å². The van der Waals surface area contributed by atoms with Gasteiger partial charge in [-0.05, 0) is 32.5 Å². The van der Waals surface area contributed by atoms with Crippen LogP contribution in [-0.4, -0.2) is 58.3 Å². The highest BCUT2D eigenvalue weighted by Crippen LogP contribution is 2.21. The Hall–Kier alpha value is -3.19. The van der Waals surface area contributed by atoms with E-state index in [2.05, 4.69) is 68.5 Å². The second kappa shape index (κ2) is 8.45. The summed E-state index contributed by atoms with van der Waals surface area (Å²) in [5.41, 5.74) is 3.37. The van der Waals surface area contributed by atoms with Crippen molar-refractivity contribution in [2.24, 2.45) is 0 Å². The summed E-state index contributed by atoms with van der Waals surface area (Å²) < 4.78 is 0. The lowest BCUT2D eigenvalue weighted by molar-refractivity contribution is 0.312. The molecule has 2 N–H and O–H groups in total. The van der Waals surface area contributed by atoms with E-state index in [0.717, 1.165) is 54.9 Å². The molecule has 0 amide bonds. The maximum atomic E-state index is 4.80. The van der Waals surface area contributed by atoms with Crippen molar-refractivity contribution in [1.82, 2.24) is 25.1 Å². The second-order valence-corrected chi connectivity index (χ2v) is 7.57. The molecular formula is C22H27N7. The summed E-state index contributed by atoms with van der Waals surface area (Å²) in [5.74, 6) is 3.10. The third kappa shape index (κ3) is 5.00. The molecule has 3 aromatic rings. The van der Waals surface area contributed by atoms with Crippen molar-refractivity contribution >= 4 is 29.6 Å². The van der Waals surface area contributed by atoms with Gasteiger partial charge in [0.05, 0.1) is 0 Å². The number of aryl methyl sites for hydroxylation is 2. The molecule has 0 spiro atoms. The minimum absolute atomic E-state index is 0.678. The Morgan fingerprint density at radius 2 is 1.69 bits per heavy atom. The van der Waals surface area contributed by atoms with Crippen molar-refractivity contribution in [3.8, 4) is 0 Å². The summed E-state index contributed by atoms with van der Waals surface area (Å²) in [6.45, 7) is 8.03. The van der Waals surface area contributed by atoms with Gasteiger partial charge in [0.25, 0.3) is 0 Å². The number of nitrogens with one attached hydrogen (secondary N) is 2. The molecule has 0 atom stereocenters. The Labute approximate surface area is 171 Å². The Morgan fingerprint density at radius 3 is 2.38 bits per heavy atom. The molecular weight excluding hydrogens is 362 g/mol. The van der Waals surface area contributed by atoms with Crippen LogP contribution in [0.25, 0.3) is 12.2 Å². The van der Waals surface area contributed by atoms with E-state index in [4.69, 9.17) is 4.98 Å². The molecule has 1 fully saturated rings. The van der Waals surface area contributed by atoms with E-state index >= 15 is 0 Å². The van der Waals surface area contributed by atoms with Gasteiger partial charge in [0.1, 0.15) is 11.6 Å². The fourth-order valence-electron chi connectivity index (χ4n) is 3.25. The van der Waals surface area contributed by atoms with Gasteiger partial charge >= 0.3 is 0 Å². The van der Waals surface area contributed by atoms with Gasteiger partial charge in [0.15, 0.2) is 11.6 Å². The largest absolute Gasteiger partial charge is 0.354 e. The monoisotopic (exact) mass is 389 g/mol. The Balaban J connectivity index is 1.62. The van der Waals surface area contributed by atoms with E-state index < -0.39 is 0 Å². The van der Waals surface area contributed by atoms with E-state index in [-0.39, 0.29) is 0 Å². The standard InChI is InChI=1S/C22H27N7/c1-16-4-6-18(7-5-16)8-9-19-23-20(24-21-14-17(2)26-27-21)15-22(25-19)29-12-10-28(3)11-13-29/h4-9,14-15H,10-13H2,1-3H3,(H2,23,24,25,26,27)/b9-8+. The third-order valence-corrected chi connectivity index (χ3v) is 5.02. The predicted octanol–water partition coefficient (Wildman–Crippen LogP) is 3.48. The first-order valence-corrected chi connectivity index (χ1v) is 9.91. The number of rotatable bonds is 5. The number of likely N-dealkylation sites (N-methyl/N-ethyl adjacent to an activating group) is 1. The fraction of sp³-hybridized carbons (Fsp3) is 0.318. The molecule has 0 bridgehead atoms. The van der Waals surface area contributed by atoms with Gasteiger partial charge in [-0.1, -0.05) is 35.9 Å². The van der Waals surface area contributed by atoms with Gasteiger partial charge in [0, 0.05) is 44.0 Å². The number of H-pyrrole nitrogens is 1. The maximum Gasteiger partial charge on any atom is 0.156 e. The van der Waals surface area contributed by atoms with Crippen LogP contribution < -0.4 is 10.2 Å². The van der Waals surface area contributed by atoms with E-state index in [9.17, 15) is 0 Å². The van der Waals surface area contributed by atoms with Crippen molar-refractivity contribution < 1.29 is 0 Å². The lowest BCUT2D eigenvalue weighted by Gasteiger charge is -2.33. The molecule has 29 heavy (non-hydrogen) atoms. The van der Waals surface area contributed by atoms with E-state index in [1.807, 2.05) is 31.2 Å². The summed E-state index contributed by atoms with van der Waals surface area (Å²) in [5, 5.41) is 10.5. The van der Waals surface area contributed by atoms with Crippen LogP contribution in [0.4, 0.5) is 17.5 Å². The summed E-state index contributed by atoms with van der Waals surface area (Å²) in [6, 6.07) is 12.4. The number of piperazine rings is 1. The molecule has 7 heteroatoms. The zero-order chi connectivity index (χ0) is 20.2. The Kier molecular flexibility index (Phi) is 5.57. The van der Waals surface area contributed by atoms with Crippen LogP contribution >= 0.6 is 0 Å². The number of hydrogen-bond acceptors (Lipinski definition) is 6. The minimum atomic E-state index is 0.678. The molecule has 1 aliphatic heterocycles. The molecule has 1 aliphatic rings. The summed E-state index contributed by atoms with van der Waals surface area (Å²) in [6.07, 6.45) is 4.01. The highest BCUT2D eigenvalue weighted by atomic mass is 15.3. The van der Waals surface area contributed by atoms with Gasteiger partial charge in [-0.25, -0.2) is 9.97 Å². The molecule has 0 aliphatic carbocycles. The highest BCUT2D eigenvalue weighted by molar-refractivity contribution is 5.69. The second-order valence-electron chi connectivity index (χ2n) is 7.57. The van der Waals surface area contributed by atoms with Gasteiger partial charge in [-0.3, -0.25) is 5.10 Å². The van der Waals surface area contributed by atoms with Crippen molar-refractivity contribution in [3.05, 3.63) is 59.0 Å². The van der Waals surface area contributed by atoms with E-state index in [1.54, 1.807) is 0 Å². The fourth-order valence-corrected chi connectivity index (χ4v) is 3.25. The summed E-state index contributed by atoms with van der Waals surface area (Å²) in [7, 11) is 2.15. The highest BCUT2D eigenvalue weighted by Gasteiger charge is 2.17. The normalized spacial score (nSPS) is 15.2. The average molecular weight is 390 g/mol. The first kappa shape index (κ1) is 19.1. The van der Waals surface area contributed by atoms with Gasteiger partial charge < -0.3 is 15.1 Å². The molecule has 0 saturated carbocycles. The van der Waals surface area contributed by atoms with Gasteiger partial charge in [0.2, 0.25) is 0 Å². The molecule has 7 nitrogen and oxygen atoms in total.